The van der Waals surface area contributed by atoms with Gasteiger partial charge in [-0.25, -0.2) is 0 Å². The third-order valence-corrected chi connectivity index (χ3v) is 4.15. The highest BCUT2D eigenvalue weighted by Gasteiger charge is 2.31. The van der Waals surface area contributed by atoms with Crippen molar-refractivity contribution >= 4 is 33.1 Å². The zero-order valence-corrected chi connectivity index (χ0v) is 14.9. The Bertz CT molecular complexity index is 562. The molecule has 4 heteroatoms. The maximum Gasteiger partial charge on any atom is 0.155 e. The molecule has 2 nitrogen and oxygen atoms in total. The van der Waals surface area contributed by atoms with Gasteiger partial charge >= 0.3 is 0 Å². The molecular formula is C16H20BrClO2. The van der Waals surface area contributed by atoms with Crippen LogP contribution in [0.3, 0.4) is 0 Å². The van der Waals surface area contributed by atoms with Gasteiger partial charge in [0.15, 0.2) is 11.5 Å². The van der Waals surface area contributed by atoms with Crippen molar-refractivity contribution in [1.82, 2.24) is 0 Å². The molecule has 0 saturated heterocycles. The SMILES string of the molecule is CCOc1c(Br)cc2c(c1Cl)OC(C)(C)C=C2C(C)C. The predicted octanol–water partition coefficient (Wildman–Crippen LogP) is 5.71. The Morgan fingerprint density at radius 2 is 2.05 bits per heavy atom. The summed E-state index contributed by atoms with van der Waals surface area (Å²) in [6, 6.07) is 2.04. The molecule has 1 aliphatic rings. The van der Waals surface area contributed by atoms with Gasteiger partial charge in [0.1, 0.15) is 10.6 Å². The molecule has 0 aliphatic carbocycles. The second kappa shape index (κ2) is 5.61. The van der Waals surface area contributed by atoms with Gasteiger partial charge in [-0.05, 0) is 60.3 Å². The van der Waals surface area contributed by atoms with Crippen LogP contribution in [-0.4, -0.2) is 12.2 Å². The first kappa shape index (κ1) is 15.7. The molecule has 0 aromatic heterocycles. The van der Waals surface area contributed by atoms with Gasteiger partial charge in [0.25, 0.3) is 0 Å². The van der Waals surface area contributed by atoms with Crippen molar-refractivity contribution in [1.29, 1.82) is 0 Å². The Morgan fingerprint density at radius 3 is 2.60 bits per heavy atom. The maximum atomic E-state index is 6.50. The number of rotatable bonds is 3. The Labute approximate surface area is 134 Å². The number of benzene rings is 1. The van der Waals surface area contributed by atoms with Crippen molar-refractivity contribution in [3.05, 3.63) is 27.2 Å². The Hall–Kier alpha value is -0.670. The summed E-state index contributed by atoms with van der Waals surface area (Å²) in [4.78, 5) is 0. The largest absolute Gasteiger partial charge is 0.491 e. The topological polar surface area (TPSA) is 18.5 Å². The van der Waals surface area contributed by atoms with Crippen LogP contribution in [0.15, 0.2) is 16.6 Å². The van der Waals surface area contributed by atoms with Crippen LogP contribution in [0.1, 0.15) is 40.2 Å². The average molecular weight is 360 g/mol. The third-order valence-electron chi connectivity index (χ3n) is 3.22. The van der Waals surface area contributed by atoms with E-state index in [1.165, 1.54) is 5.57 Å². The fraction of sp³-hybridized carbons (Fsp3) is 0.500. The van der Waals surface area contributed by atoms with Crippen LogP contribution in [0.2, 0.25) is 5.02 Å². The summed E-state index contributed by atoms with van der Waals surface area (Å²) in [7, 11) is 0. The van der Waals surface area contributed by atoms with Crippen LogP contribution >= 0.6 is 27.5 Å². The summed E-state index contributed by atoms with van der Waals surface area (Å²) in [5.74, 6) is 1.76. The maximum absolute atomic E-state index is 6.50. The van der Waals surface area contributed by atoms with Gasteiger partial charge in [-0.15, -0.1) is 0 Å². The monoisotopic (exact) mass is 358 g/mol. The van der Waals surface area contributed by atoms with Crippen LogP contribution in [0, 0.1) is 5.92 Å². The zero-order chi connectivity index (χ0) is 15.1. The summed E-state index contributed by atoms with van der Waals surface area (Å²) < 4.78 is 12.5. The van der Waals surface area contributed by atoms with Crippen molar-refractivity contribution in [3.8, 4) is 11.5 Å². The van der Waals surface area contributed by atoms with Gasteiger partial charge in [-0.3, -0.25) is 0 Å². The van der Waals surface area contributed by atoms with Crippen molar-refractivity contribution in [2.45, 2.75) is 40.2 Å². The van der Waals surface area contributed by atoms with Gasteiger partial charge in [0.05, 0.1) is 11.1 Å². The Balaban J connectivity index is 2.67. The van der Waals surface area contributed by atoms with Gasteiger partial charge in [-0.2, -0.15) is 0 Å². The lowest BCUT2D eigenvalue weighted by atomic mass is 9.88. The number of ether oxygens (including phenoxy) is 2. The molecule has 0 N–H and O–H groups in total. The summed E-state index contributed by atoms with van der Waals surface area (Å²) in [6.45, 7) is 10.9. The summed E-state index contributed by atoms with van der Waals surface area (Å²) in [5, 5.41) is 0.538. The van der Waals surface area contributed by atoms with Crippen LogP contribution in [-0.2, 0) is 0 Å². The minimum absolute atomic E-state index is 0.368. The van der Waals surface area contributed by atoms with Crippen molar-refractivity contribution in [3.63, 3.8) is 0 Å². The quantitative estimate of drug-likeness (QED) is 0.688. The lowest BCUT2D eigenvalue weighted by Crippen LogP contribution is -2.30. The molecule has 20 heavy (non-hydrogen) atoms. The minimum atomic E-state index is -0.368. The summed E-state index contributed by atoms with van der Waals surface area (Å²) in [5.41, 5.74) is 1.93. The number of halogens is 2. The van der Waals surface area contributed by atoms with E-state index in [1.54, 1.807) is 0 Å². The molecular weight excluding hydrogens is 340 g/mol. The molecule has 1 aliphatic heterocycles. The van der Waals surface area contributed by atoms with E-state index in [-0.39, 0.29) is 5.60 Å². The van der Waals surface area contributed by atoms with E-state index in [2.05, 4.69) is 35.9 Å². The molecule has 0 bridgehead atoms. The van der Waals surface area contributed by atoms with Gasteiger partial charge in [0, 0.05) is 5.56 Å². The van der Waals surface area contributed by atoms with Crippen LogP contribution < -0.4 is 9.47 Å². The standard InChI is InChI=1S/C16H20BrClO2/c1-6-19-15-12(17)7-10-11(9(2)3)8-16(4,5)20-14(10)13(15)18/h7-9H,6H2,1-5H3. The first-order chi connectivity index (χ1) is 9.26. The van der Waals surface area contributed by atoms with E-state index in [0.29, 0.717) is 23.3 Å². The highest BCUT2D eigenvalue weighted by molar-refractivity contribution is 9.10. The number of hydrogen-bond donors (Lipinski definition) is 0. The van der Waals surface area contributed by atoms with Gasteiger partial charge in [-0.1, -0.05) is 25.4 Å². The number of fused-ring (bicyclic) bond motifs is 1. The molecule has 2 rings (SSSR count). The Morgan fingerprint density at radius 1 is 1.40 bits per heavy atom. The molecule has 110 valence electrons. The normalized spacial score (nSPS) is 16.5. The molecule has 1 aromatic carbocycles. The zero-order valence-electron chi connectivity index (χ0n) is 12.5. The molecule has 0 fully saturated rings. The highest BCUT2D eigenvalue weighted by atomic mass is 79.9. The van der Waals surface area contributed by atoms with E-state index in [0.717, 1.165) is 15.8 Å². The molecule has 1 heterocycles. The fourth-order valence-electron chi connectivity index (χ4n) is 2.40. The highest BCUT2D eigenvalue weighted by Crippen LogP contribution is 2.49. The van der Waals surface area contributed by atoms with Crippen molar-refractivity contribution in [2.24, 2.45) is 5.92 Å². The van der Waals surface area contributed by atoms with Crippen molar-refractivity contribution in [2.75, 3.05) is 6.61 Å². The van der Waals surface area contributed by atoms with E-state index in [4.69, 9.17) is 21.1 Å². The van der Waals surface area contributed by atoms with Gasteiger partial charge < -0.3 is 9.47 Å². The van der Waals surface area contributed by atoms with Gasteiger partial charge in [0.2, 0.25) is 0 Å². The predicted molar refractivity (Wildman–Crippen MR) is 87.8 cm³/mol. The number of allylic oxidation sites excluding steroid dienone is 1. The molecule has 0 radical (unpaired) electrons. The minimum Gasteiger partial charge on any atom is -0.491 e. The van der Waals surface area contributed by atoms with E-state index >= 15 is 0 Å². The second-order valence-electron chi connectivity index (χ2n) is 5.77. The molecule has 0 saturated carbocycles. The lowest BCUT2D eigenvalue weighted by molar-refractivity contribution is 0.156. The molecule has 0 atom stereocenters. The van der Waals surface area contributed by atoms with E-state index in [1.807, 2.05) is 26.8 Å². The second-order valence-corrected chi connectivity index (χ2v) is 7.00. The fourth-order valence-corrected chi connectivity index (χ4v) is 3.35. The molecule has 0 amide bonds. The van der Waals surface area contributed by atoms with Crippen LogP contribution in [0.25, 0.3) is 5.57 Å². The van der Waals surface area contributed by atoms with Crippen LogP contribution in [0.4, 0.5) is 0 Å². The smallest absolute Gasteiger partial charge is 0.155 e. The Kier molecular flexibility index (Phi) is 4.41. The van der Waals surface area contributed by atoms with Crippen molar-refractivity contribution < 1.29 is 9.47 Å². The van der Waals surface area contributed by atoms with Crippen LogP contribution in [0.5, 0.6) is 11.5 Å². The summed E-state index contributed by atoms with van der Waals surface area (Å²) >= 11 is 10.0. The average Bonchev–Trinajstić information content (AvgIpc) is 2.34. The van der Waals surface area contributed by atoms with E-state index < -0.39 is 0 Å². The molecule has 0 unspecified atom stereocenters. The van der Waals surface area contributed by atoms with E-state index in [9.17, 15) is 0 Å². The first-order valence-electron chi connectivity index (χ1n) is 6.83. The third kappa shape index (κ3) is 2.84. The molecule has 0 spiro atoms. The first-order valence-corrected chi connectivity index (χ1v) is 8.01. The molecule has 1 aromatic rings. The number of hydrogen-bond acceptors (Lipinski definition) is 2. The lowest BCUT2D eigenvalue weighted by Gasteiger charge is -2.33. The summed E-state index contributed by atoms with van der Waals surface area (Å²) in [6.07, 6.45) is 2.17.